The third kappa shape index (κ3) is 5.79. The van der Waals surface area contributed by atoms with Gasteiger partial charge < -0.3 is 10.2 Å². The van der Waals surface area contributed by atoms with E-state index < -0.39 is 11.6 Å². The topological polar surface area (TPSA) is 49.4 Å². The van der Waals surface area contributed by atoms with Gasteiger partial charge in [0.15, 0.2) is 11.6 Å². The van der Waals surface area contributed by atoms with Gasteiger partial charge in [-0.15, -0.1) is 0 Å². The van der Waals surface area contributed by atoms with Crippen LogP contribution in [0.5, 0.6) is 0 Å². The van der Waals surface area contributed by atoms with Gasteiger partial charge in [-0.25, -0.2) is 8.78 Å². The average molecular weight is 312 g/mol. The molecule has 0 radical (unpaired) electrons. The zero-order valence-corrected chi connectivity index (χ0v) is 13.0. The molecule has 1 aromatic rings. The van der Waals surface area contributed by atoms with E-state index in [1.807, 2.05) is 0 Å². The van der Waals surface area contributed by atoms with E-state index in [0.29, 0.717) is 6.54 Å². The van der Waals surface area contributed by atoms with E-state index in [2.05, 4.69) is 12.2 Å². The number of rotatable bonds is 8. The highest BCUT2D eigenvalue weighted by atomic mass is 19.2. The molecule has 0 aliphatic heterocycles. The van der Waals surface area contributed by atoms with Crippen LogP contribution < -0.4 is 10.2 Å². The number of nitrogens with zero attached hydrogens (tertiary/aromatic N) is 1. The Balaban J connectivity index is 2.56. The molecule has 0 aliphatic rings. The van der Waals surface area contributed by atoms with Gasteiger partial charge in [0.25, 0.3) is 0 Å². The van der Waals surface area contributed by atoms with E-state index in [-0.39, 0.29) is 30.5 Å². The summed E-state index contributed by atoms with van der Waals surface area (Å²) in [6.45, 7) is 4.13. The lowest BCUT2D eigenvalue weighted by molar-refractivity contribution is -0.121. The van der Waals surface area contributed by atoms with Gasteiger partial charge in [0.1, 0.15) is 0 Å². The highest BCUT2D eigenvalue weighted by Gasteiger charge is 2.15. The maximum Gasteiger partial charge on any atom is 0.223 e. The van der Waals surface area contributed by atoms with Crippen LogP contribution in [0.2, 0.25) is 0 Å². The molecule has 0 atom stereocenters. The number of hydrogen-bond donors (Lipinski definition) is 1. The van der Waals surface area contributed by atoms with E-state index in [1.54, 1.807) is 0 Å². The highest BCUT2D eigenvalue weighted by Crippen LogP contribution is 2.18. The van der Waals surface area contributed by atoms with Crippen molar-refractivity contribution in [2.45, 2.75) is 39.5 Å². The Morgan fingerprint density at radius 3 is 2.50 bits per heavy atom. The zero-order valence-electron chi connectivity index (χ0n) is 13.0. The van der Waals surface area contributed by atoms with Crippen molar-refractivity contribution in [2.24, 2.45) is 0 Å². The first-order valence-electron chi connectivity index (χ1n) is 7.45. The first kappa shape index (κ1) is 18.1. The van der Waals surface area contributed by atoms with Crippen LogP contribution in [0, 0.1) is 11.6 Å². The van der Waals surface area contributed by atoms with Crippen molar-refractivity contribution in [1.29, 1.82) is 0 Å². The number of unbranched alkanes of at least 4 members (excludes halogenated alkanes) is 2. The Hall–Kier alpha value is -1.98. The smallest absolute Gasteiger partial charge is 0.223 e. The molecule has 122 valence electrons. The summed E-state index contributed by atoms with van der Waals surface area (Å²) in [5.74, 6) is -2.48. The van der Waals surface area contributed by atoms with Crippen LogP contribution in [-0.4, -0.2) is 24.9 Å². The van der Waals surface area contributed by atoms with Crippen LogP contribution >= 0.6 is 0 Å². The number of carbonyl (C=O) groups is 2. The molecular formula is C16H22F2N2O2. The van der Waals surface area contributed by atoms with Crippen molar-refractivity contribution in [2.75, 3.05) is 18.0 Å². The Labute approximate surface area is 129 Å². The predicted molar refractivity (Wildman–Crippen MR) is 81.5 cm³/mol. The van der Waals surface area contributed by atoms with Gasteiger partial charge in [0.05, 0.1) is 0 Å². The summed E-state index contributed by atoms with van der Waals surface area (Å²) in [7, 11) is 0. The molecule has 0 heterocycles. The fourth-order valence-corrected chi connectivity index (χ4v) is 2.03. The molecule has 0 bridgehead atoms. The van der Waals surface area contributed by atoms with Crippen molar-refractivity contribution in [3.8, 4) is 0 Å². The molecular weight excluding hydrogens is 290 g/mol. The van der Waals surface area contributed by atoms with Gasteiger partial charge in [0.2, 0.25) is 11.8 Å². The van der Waals surface area contributed by atoms with Crippen LogP contribution in [0.3, 0.4) is 0 Å². The van der Waals surface area contributed by atoms with Gasteiger partial charge in [-0.1, -0.05) is 19.8 Å². The summed E-state index contributed by atoms with van der Waals surface area (Å²) in [4.78, 5) is 24.6. The lowest BCUT2D eigenvalue weighted by Crippen LogP contribution is -2.34. The Morgan fingerprint density at radius 2 is 1.91 bits per heavy atom. The van der Waals surface area contributed by atoms with E-state index in [1.165, 1.54) is 17.9 Å². The van der Waals surface area contributed by atoms with Gasteiger partial charge in [-0.3, -0.25) is 9.59 Å². The van der Waals surface area contributed by atoms with Crippen LogP contribution in [0.1, 0.15) is 39.5 Å². The first-order valence-corrected chi connectivity index (χ1v) is 7.45. The molecule has 6 heteroatoms. The fourth-order valence-electron chi connectivity index (χ4n) is 2.03. The average Bonchev–Trinajstić information content (AvgIpc) is 2.47. The predicted octanol–water partition coefficient (Wildman–Crippen LogP) is 3.01. The molecule has 2 amide bonds. The standard InChI is InChI=1S/C16H22F2N2O2/c1-3-4-5-9-19-16(22)8-10-20(12(2)21)13-6-7-14(17)15(18)11-13/h6-7,11H,3-5,8-10H2,1-2H3,(H,19,22). The molecule has 0 unspecified atom stereocenters. The molecule has 0 spiro atoms. The Kier molecular flexibility index (Phi) is 7.49. The second-order valence-electron chi connectivity index (χ2n) is 5.08. The van der Waals surface area contributed by atoms with Crippen molar-refractivity contribution in [1.82, 2.24) is 5.32 Å². The van der Waals surface area contributed by atoms with E-state index in [4.69, 9.17) is 0 Å². The molecule has 22 heavy (non-hydrogen) atoms. The minimum Gasteiger partial charge on any atom is -0.356 e. The molecule has 1 N–H and O–H groups in total. The maximum absolute atomic E-state index is 13.2. The molecule has 1 rings (SSSR count). The third-order valence-corrected chi connectivity index (χ3v) is 3.26. The zero-order chi connectivity index (χ0) is 16.5. The highest BCUT2D eigenvalue weighted by molar-refractivity contribution is 5.92. The summed E-state index contributed by atoms with van der Waals surface area (Å²) < 4.78 is 26.2. The van der Waals surface area contributed by atoms with E-state index in [9.17, 15) is 18.4 Å². The summed E-state index contributed by atoms with van der Waals surface area (Å²) in [6.07, 6.45) is 3.16. The van der Waals surface area contributed by atoms with E-state index in [0.717, 1.165) is 31.4 Å². The van der Waals surface area contributed by atoms with Crippen molar-refractivity contribution in [3.05, 3.63) is 29.8 Å². The number of benzene rings is 1. The molecule has 0 fully saturated rings. The number of carbonyl (C=O) groups excluding carboxylic acids is 2. The van der Waals surface area contributed by atoms with Gasteiger partial charge in [-0.05, 0) is 18.6 Å². The van der Waals surface area contributed by atoms with Crippen LogP contribution in [-0.2, 0) is 9.59 Å². The van der Waals surface area contributed by atoms with Crippen molar-refractivity contribution in [3.63, 3.8) is 0 Å². The lowest BCUT2D eigenvalue weighted by Gasteiger charge is -2.21. The van der Waals surface area contributed by atoms with Crippen LogP contribution in [0.4, 0.5) is 14.5 Å². The summed E-state index contributed by atoms with van der Waals surface area (Å²) in [6, 6.07) is 3.24. The molecule has 0 saturated carbocycles. The number of nitrogens with one attached hydrogen (secondary N) is 1. The maximum atomic E-state index is 13.2. The minimum atomic E-state index is -1.02. The number of halogens is 2. The second kappa shape index (κ2) is 9.12. The SMILES string of the molecule is CCCCCNC(=O)CCN(C(C)=O)c1ccc(F)c(F)c1. The fraction of sp³-hybridized carbons (Fsp3) is 0.500. The second-order valence-corrected chi connectivity index (χ2v) is 5.08. The Bertz CT molecular complexity index is 521. The third-order valence-electron chi connectivity index (χ3n) is 3.26. The van der Waals surface area contributed by atoms with Gasteiger partial charge in [0, 0.05) is 38.2 Å². The monoisotopic (exact) mass is 312 g/mol. The molecule has 0 aliphatic carbocycles. The summed E-state index contributed by atoms with van der Waals surface area (Å²) in [5.41, 5.74) is 0.241. The quantitative estimate of drug-likeness (QED) is 0.750. The molecule has 0 saturated heterocycles. The van der Waals surface area contributed by atoms with E-state index >= 15 is 0 Å². The lowest BCUT2D eigenvalue weighted by atomic mass is 10.2. The minimum absolute atomic E-state index is 0.116. The largest absolute Gasteiger partial charge is 0.356 e. The van der Waals surface area contributed by atoms with Gasteiger partial charge >= 0.3 is 0 Å². The van der Waals surface area contributed by atoms with Crippen LogP contribution in [0.15, 0.2) is 18.2 Å². The normalized spacial score (nSPS) is 10.4. The summed E-state index contributed by atoms with van der Waals surface area (Å²) >= 11 is 0. The molecule has 4 nitrogen and oxygen atoms in total. The first-order chi connectivity index (χ1) is 10.5. The Morgan fingerprint density at radius 1 is 1.18 bits per heavy atom. The number of amides is 2. The summed E-state index contributed by atoms with van der Waals surface area (Å²) in [5, 5.41) is 2.77. The van der Waals surface area contributed by atoms with Crippen molar-refractivity contribution >= 4 is 17.5 Å². The number of hydrogen-bond acceptors (Lipinski definition) is 2. The molecule has 0 aromatic heterocycles. The number of anilines is 1. The molecule has 1 aromatic carbocycles. The van der Waals surface area contributed by atoms with Crippen molar-refractivity contribution < 1.29 is 18.4 Å². The van der Waals surface area contributed by atoms with Gasteiger partial charge in [-0.2, -0.15) is 0 Å². The van der Waals surface area contributed by atoms with Crippen LogP contribution in [0.25, 0.3) is 0 Å².